The van der Waals surface area contributed by atoms with Crippen LogP contribution < -0.4 is 10.6 Å². The van der Waals surface area contributed by atoms with Gasteiger partial charge in [0.1, 0.15) is 5.82 Å². The van der Waals surface area contributed by atoms with Crippen molar-refractivity contribution in [2.75, 3.05) is 10.6 Å². The Morgan fingerprint density at radius 1 is 1.04 bits per heavy atom. The van der Waals surface area contributed by atoms with Crippen LogP contribution in [0.2, 0.25) is 0 Å². The van der Waals surface area contributed by atoms with Crippen LogP contribution in [0, 0.1) is 6.92 Å². The minimum Gasteiger partial charge on any atom is -0.366 e. The van der Waals surface area contributed by atoms with Crippen molar-refractivity contribution >= 4 is 17.5 Å². The highest BCUT2D eigenvalue weighted by molar-refractivity contribution is 5.64. The molecule has 1 aromatic carbocycles. The van der Waals surface area contributed by atoms with Crippen LogP contribution in [0.4, 0.5) is 17.5 Å². The number of hydrogen-bond donors (Lipinski definition) is 2. The van der Waals surface area contributed by atoms with Gasteiger partial charge in [0, 0.05) is 30.8 Å². The molecule has 0 atom stereocenters. The van der Waals surface area contributed by atoms with Crippen LogP contribution in [0.1, 0.15) is 36.5 Å². The fourth-order valence-electron chi connectivity index (χ4n) is 2.67. The molecule has 0 spiro atoms. The summed E-state index contributed by atoms with van der Waals surface area (Å²) in [5.41, 5.74) is 4.64. The first kappa shape index (κ1) is 16.9. The fraction of sp³-hybridized carbons (Fsp3) is 0.250. The number of nitrogens with zero attached hydrogens (tertiary/aromatic N) is 3. The lowest BCUT2D eigenvalue weighted by atomic mass is 9.98. The van der Waals surface area contributed by atoms with E-state index in [9.17, 15) is 0 Å². The number of aromatic nitrogens is 3. The third-order valence-electron chi connectivity index (χ3n) is 4.02. The Bertz CT molecular complexity index is 830. The molecule has 128 valence electrons. The van der Waals surface area contributed by atoms with Gasteiger partial charge in [0.05, 0.1) is 0 Å². The van der Waals surface area contributed by atoms with Gasteiger partial charge in [0.2, 0.25) is 5.95 Å². The highest BCUT2D eigenvalue weighted by Gasteiger charge is 2.10. The molecule has 0 amide bonds. The molecule has 3 rings (SSSR count). The van der Waals surface area contributed by atoms with Crippen molar-refractivity contribution in [2.45, 2.75) is 33.2 Å². The van der Waals surface area contributed by atoms with E-state index in [0.29, 0.717) is 18.4 Å². The van der Waals surface area contributed by atoms with E-state index >= 15 is 0 Å². The zero-order valence-electron chi connectivity index (χ0n) is 14.8. The topological polar surface area (TPSA) is 62.7 Å². The Morgan fingerprint density at radius 2 is 1.92 bits per heavy atom. The molecular formula is C20H23N5. The smallest absolute Gasteiger partial charge is 0.229 e. The Kier molecular flexibility index (Phi) is 5.23. The number of pyridine rings is 1. The van der Waals surface area contributed by atoms with Gasteiger partial charge in [0.25, 0.3) is 0 Å². The molecule has 2 aromatic heterocycles. The van der Waals surface area contributed by atoms with Crippen LogP contribution in [-0.2, 0) is 6.54 Å². The maximum atomic E-state index is 4.57. The molecule has 25 heavy (non-hydrogen) atoms. The van der Waals surface area contributed by atoms with Crippen LogP contribution in [0.15, 0.2) is 55.0 Å². The number of benzene rings is 1. The van der Waals surface area contributed by atoms with E-state index in [4.69, 9.17) is 0 Å². The van der Waals surface area contributed by atoms with Gasteiger partial charge in [-0.1, -0.05) is 38.1 Å². The molecule has 5 heteroatoms. The zero-order valence-corrected chi connectivity index (χ0v) is 14.8. The van der Waals surface area contributed by atoms with Gasteiger partial charge < -0.3 is 10.6 Å². The van der Waals surface area contributed by atoms with Gasteiger partial charge in [0.15, 0.2) is 0 Å². The first-order valence-electron chi connectivity index (χ1n) is 8.46. The van der Waals surface area contributed by atoms with Gasteiger partial charge in [-0.3, -0.25) is 4.98 Å². The first-order valence-corrected chi connectivity index (χ1v) is 8.46. The molecule has 2 heterocycles. The lowest BCUT2D eigenvalue weighted by Gasteiger charge is -2.16. The summed E-state index contributed by atoms with van der Waals surface area (Å²) in [6.45, 7) is 7.14. The molecule has 0 unspecified atom stereocenters. The van der Waals surface area contributed by atoms with E-state index in [2.05, 4.69) is 64.6 Å². The summed E-state index contributed by atoms with van der Waals surface area (Å²) in [7, 11) is 0. The van der Waals surface area contributed by atoms with Crippen LogP contribution in [0.5, 0.6) is 0 Å². The molecule has 5 nitrogen and oxygen atoms in total. The average molecular weight is 333 g/mol. The Hall–Kier alpha value is -2.95. The SMILES string of the molecule is Cc1cccc(C(C)C)c1Nc1nccc(NCc2cccnc2)n1. The van der Waals surface area contributed by atoms with Gasteiger partial charge in [-0.2, -0.15) is 4.98 Å². The summed E-state index contributed by atoms with van der Waals surface area (Å²) in [4.78, 5) is 13.0. The van der Waals surface area contributed by atoms with E-state index in [1.54, 1.807) is 12.4 Å². The van der Waals surface area contributed by atoms with Crippen LogP contribution >= 0.6 is 0 Å². The summed E-state index contributed by atoms with van der Waals surface area (Å²) >= 11 is 0. The quantitative estimate of drug-likeness (QED) is 0.687. The maximum absolute atomic E-state index is 4.57. The van der Waals surface area contributed by atoms with Crippen molar-refractivity contribution in [1.29, 1.82) is 0 Å². The number of nitrogens with one attached hydrogen (secondary N) is 2. The molecule has 3 aromatic rings. The third-order valence-corrected chi connectivity index (χ3v) is 4.02. The summed E-state index contributed by atoms with van der Waals surface area (Å²) in [6.07, 6.45) is 5.37. The normalized spacial score (nSPS) is 10.7. The minimum atomic E-state index is 0.425. The van der Waals surface area contributed by atoms with E-state index < -0.39 is 0 Å². The predicted octanol–water partition coefficient (Wildman–Crippen LogP) is 4.66. The average Bonchev–Trinajstić information content (AvgIpc) is 2.63. The summed E-state index contributed by atoms with van der Waals surface area (Å²) in [5, 5.41) is 6.69. The monoisotopic (exact) mass is 333 g/mol. The minimum absolute atomic E-state index is 0.425. The number of hydrogen-bond acceptors (Lipinski definition) is 5. The number of para-hydroxylation sites is 1. The van der Waals surface area contributed by atoms with Crippen molar-refractivity contribution in [1.82, 2.24) is 15.0 Å². The van der Waals surface area contributed by atoms with Gasteiger partial charge >= 0.3 is 0 Å². The molecule has 0 bridgehead atoms. The maximum Gasteiger partial charge on any atom is 0.229 e. The Morgan fingerprint density at radius 3 is 2.68 bits per heavy atom. The van der Waals surface area contributed by atoms with Crippen molar-refractivity contribution in [3.05, 3.63) is 71.7 Å². The van der Waals surface area contributed by atoms with Gasteiger partial charge in [-0.05, 0) is 41.7 Å². The highest BCUT2D eigenvalue weighted by Crippen LogP contribution is 2.29. The second-order valence-corrected chi connectivity index (χ2v) is 6.30. The molecule has 0 aliphatic rings. The number of aryl methyl sites for hydroxylation is 1. The number of rotatable bonds is 6. The second kappa shape index (κ2) is 7.75. The van der Waals surface area contributed by atoms with Crippen molar-refractivity contribution < 1.29 is 0 Å². The van der Waals surface area contributed by atoms with E-state index in [0.717, 1.165) is 17.1 Å². The Labute approximate surface area is 148 Å². The fourth-order valence-corrected chi connectivity index (χ4v) is 2.67. The lowest BCUT2D eigenvalue weighted by molar-refractivity contribution is 0.866. The lowest BCUT2D eigenvalue weighted by Crippen LogP contribution is -2.06. The largest absolute Gasteiger partial charge is 0.366 e. The molecule has 0 aliphatic heterocycles. The molecule has 0 radical (unpaired) electrons. The Balaban J connectivity index is 1.76. The second-order valence-electron chi connectivity index (χ2n) is 6.30. The van der Waals surface area contributed by atoms with Crippen LogP contribution in [0.25, 0.3) is 0 Å². The molecule has 0 saturated heterocycles. The summed E-state index contributed by atoms with van der Waals surface area (Å²) in [5.74, 6) is 1.79. The van der Waals surface area contributed by atoms with Crippen molar-refractivity contribution in [3.63, 3.8) is 0 Å². The van der Waals surface area contributed by atoms with Crippen LogP contribution in [0.3, 0.4) is 0 Å². The van der Waals surface area contributed by atoms with Gasteiger partial charge in [-0.15, -0.1) is 0 Å². The van der Waals surface area contributed by atoms with E-state index in [1.807, 2.05) is 24.4 Å². The first-order chi connectivity index (χ1) is 12.1. The predicted molar refractivity (Wildman–Crippen MR) is 102 cm³/mol. The summed E-state index contributed by atoms with van der Waals surface area (Å²) < 4.78 is 0. The van der Waals surface area contributed by atoms with E-state index in [1.165, 1.54) is 11.1 Å². The summed E-state index contributed by atoms with van der Waals surface area (Å²) in [6, 6.07) is 12.1. The van der Waals surface area contributed by atoms with Crippen molar-refractivity contribution in [3.8, 4) is 0 Å². The van der Waals surface area contributed by atoms with E-state index in [-0.39, 0.29) is 0 Å². The standard InChI is InChI=1S/C20H23N5/c1-14(2)17-8-4-6-15(3)19(17)25-20-22-11-9-18(24-20)23-13-16-7-5-10-21-12-16/h4-12,14H,13H2,1-3H3,(H2,22,23,24,25). The molecule has 0 fully saturated rings. The molecule has 0 saturated carbocycles. The third kappa shape index (κ3) is 4.32. The molecule has 0 aliphatic carbocycles. The van der Waals surface area contributed by atoms with Gasteiger partial charge in [-0.25, -0.2) is 4.98 Å². The zero-order chi connectivity index (χ0) is 17.6. The van der Waals surface area contributed by atoms with Crippen molar-refractivity contribution in [2.24, 2.45) is 0 Å². The molecular weight excluding hydrogens is 310 g/mol. The number of anilines is 3. The van der Waals surface area contributed by atoms with Crippen LogP contribution in [-0.4, -0.2) is 15.0 Å². The highest BCUT2D eigenvalue weighted by atomic mass is 15.1. The molecule has 2 N–H and O–H groups in total.